The van der Waals surface area contributed by atoms with Crippen molar-refractivity contribution in [3.8, 4) is 44.7 Å². The lowest BCUT2D eigenvalue weighted by atomic mass is 9.84. The first-order valence-electron chi connectivity index (χ1n) is 23.6. The SMILES string of the molecule is [2H]c1cc2c([2H])c([2H])c(-c3c4c([2H])c([2H])c([2H])c([2H])c4c(-c4cccc5oc6c(ccc7oc(-c8ccccc8)c(-c8ccccc8)c76)c45)c4c([2H])c([2H])c([2H])c([2H])c34)c([2H])c2c([2H])c1[2H]. The Bertz CT molecular complexity index is 3890. The summed E-state index contributed by atoms with van der Waals surface area (Å²) in [6.07, 6.45) is 0. The molecule has 0 radical (unpaired) electrons. The maximum Gasteiger partial charge on any atom is 0.147 e. The smallest absolute Gasteiger partial charge is 0.147 e. The lowest BCUT2D eigenvalue weighted by molar-refractivity contribution is 0.631. The lowest BCUT2D eigenvalue weighted by Crippen LogP contribution is -1.91. The first kappa shape index (κ1) is 18.4. The highest BCUT2D eigenvalue weighted by molar-refractivity contribution is 6.28. The van der Waals surface area contributed by atoms with Crippen LogP contribution in [0.3, 0.4) is 0 Å². The second-order valence-corrected chi connectivity index (χ2v) is 12.5. The molecule has 52 heavy (non-hydrogen) atoms. The van der Waals surface area contributed by atoms with Crippen LogP contribution in [0.5, 0.6) is 0 Å². The van der Waals surface area contributed by atoms with Gasteiger partial charge in [0, 0.05) is 21.9 Å². The van der Waals surface area contributed by atoms with Crippen LogP contribution in [0.2, 0.25) is 0 Å². The number of fused-ring (bicyclic) bond motifs is 8. The van der Waals surface area contributed by atoms with Crippen molar-refractivity contribution in [3.05, 3.63) is 182 Å². The Hall–Kier alpha value is -6.90. The first-order valence-corrected chi connectivity index (χ1v) is 16.6. The van der Waals surface area contributed by atoms with Crippen LogP contribution in [0.15, 0.2) is 190 Å². The van der Waals surface area contributed by atoms with Crippen molar-refractivity contribution < 1.29 is 28.0 Å². The Balaban J connectivity index is 1.37. The van der Waals surface area contributed by atoms with Gasteiger partial charge in [0.2, 0.25) is 0 Å². The molecule has 11 rings (SSSR count). The van der Waals surface area contributed by atoms with Crippen molar-refractivity contribution in [2.45, 2.75) is 0 Å². The summed E-state index contributed by atoms with van der Waals surface area (Å²) in [5.74, 6) is 0.605. The third kappa shape index (κ3) is 4.25. The molecule has 0 aliphatic heterocycles. The van der Waals surface area contributed by atoms with Gasteiger partial charge in [-0.3, -0.25) is 0 Å². The van der Waals surface area contributed by atoms with Gasteiger partial charge in [-0.05, 0) is 84.4 Å². The van der Waals surface area contributed by atoms with Gasteiger partial charge in [-0.2, -0.15) is 0 Å². The molecule has 9 aromatic carbocycles. The number of benzene rings is 9. The molecular formula is C50H30O2. The average Bonchev–Trinajstić information content (AvgIpc) is 3.91. The minimum Gasteiger partial charge on any atom is -0.455 e. The molecule has 2 aromatic heterocycles. The van der Waals surface area contributed by atoms with E-state index in [1.165, 1.54) is 0 Å². The van der Waals surface area contributed by atoms with E-state index in [9.17, 15) is 8.22 Å². The van der Waals surface area contributed by atoms with Crippen LogP contribution in [0.25, 0.3) is 110 Å². The third-order valence-corrected chi connectivity index (χ3v) is 9.63. The van der Waals surface area contributed by atoms with E-state index in [0.717, 1.165) is 22.8 Å². The summed E-state index contributed by atoms with van der Waals surface area (Å²) in [6.45, 7) is 0. The van der Waals surface area contributed by atoms with Gasteiger partial charge < -0.3 is 8.83 Å². The standard InChI is InChI=1S/C50H30O2/c1-3-15-32(16-4-1)45-48-43(51-49(45)33-17-5-2-6-18-33)29-28-41-47-40(24-13-25-42(47)52-50(41)48)46-38-22-11-9-20-36(38)44(37-21-10-12-23-39(37)46)35-27-26-31-14-7-8-19-34(31)30-35/h1-30H/i7D,8D,9D,10D,11D,12D,19D,20D,21D,22D,23D,26D,27D,30D. The number of rotatable bonds is 4. The van der Waals surface area contributed by atoms with Crippen molar-refractivity contribution in [1.82, 2.24) is 0 Å². The van der Waals surface area contributed by atoms with Crippen molar-refractivity contribution in [2.75, 3.05) is 0 Å². The molecule has 0 bridgehead atoms. The van der Waals surface area contributed by atoms with E-state index in [1.807, 2.05) is 72.8 Å². The zero-order valence-corrected chi connectivity index (χ0v) is 27.1. The molecule has 0 unspecified atom stereocenters. The fourth-order valence-corrected chi connectivity index (χ4v) is 7.45. The summed E-state index contributed by atoms with van der Waals surface area (Å²) < 4.78 is 141. The van der Waals surface area contributed by atoms with Crippen LogP contribution < -0.4 is 0 Å². The zero-order valence-electron chi connectivity index (χ0n) is 41.1. The number of furan rings is 2. The molecule has 0 amide bonds. The molecule has 0 N–H and O–H groups in total. The quantitative estimate of drug-likeness (QED) is 0.173. The maximum atomic E-state index is 9.56. The molecule has 0 aliphatic carbocycles. The Labute approximate surface area is 319 Å². The van der Waals surface area contributed by atoms with E-state index in [4.69, 9.17) is 19.8 Å². The van der Waals surface area contributed by atoms with Crippen molar-refractivity contribution in [2.24, 2.45) is 0 Å². The molecule has 0 aliphatic rings. The van der Waals surface area contributed by atoms with Gasteiger partial charge >= 0.3 is 0 Å². The number of hydrogen-bond acceptors (Lipinski definition) is 2. The van der Waals surface area contributed by atoms with Gasteiger partial charge in [-0.1, -0.05) is 157 Å². The lowest BCUT2D eigenvalue weighted by Gasteiger charge is -2.18. The van der Waals surface area contributed by atoms with Crippen LogP contribution in [0.1, 0.15) is 19.2 Å². The van der Waals surface area contributed by atoms with Gasteiger partial charge in [0.1, 0.15) is 22.5 Å². The highest BCUT2D eigenvalue weighted by atomic mass is 16.3. The van der Waals surface area contributed by atoms with E-state index in [1.54, 1.807) is 18.2 Å². The number of hydrogen-bond donors (Lipinski definition) is 0. The molecule has 0 atom stereocenters. The third-order valence-electron chi connectivity index (χ3n) is 9.63. The van der Waals surface area contributed by atoms with Crippen molar-refractivity contribution in [1.29, 1.82) is 0 Å². The van der Waals surface area contributed by atoms with Crippen LogP contribution >= 0.6 is 0 Å². The summed E-state index contributed by atoms with van der Waals surface area (Å²) in [4.78, 5) is 0. The van der Waals surface area contributed by atoms with Crippen molar-refractivity contribution in [3.63, 3.8) is 0 Å². The second kappa shape index (κ2) is 11.3. The molecule has 242 valence electrons. The van der Waals surface area contributed by atoms with Gasteiger partial charge in [0.15, 0.2) is 0 Å². The normalized spacial score (nSPS) is 15.6. The highest BCUT2D eigenvalue weighted by Crippen LogP contribution is 2.50. The van der Waals surface area contributed by atoms with Gasteiger partial charge in [0.05, 0.1) is 24.6 Å². The summed E-state index contributed by atoms with van der Waals surface area (Å²) in [5, 5.41) is 0.330. The minimum atomic E-state index is -0.699. The molecule has 2 heteroatoms. The van der Waals surface area contributed by atoms with E-state index in [-0.39, 0.29) is 43.4 Å². The molecule has 0 saturated heterocycles. The van der Waals surface area contributed by atoms with E-state index in [2.05, 4.69) is 0 Å². The highest BCUT2D eigenvalue weighted by Gasteiger charge is 2.25. The van der Waals surface area contributed by atoms with Crippen LogP contribution in [0.4, 0.5) is 0 Å². The van der Waals surface area contributed by atoms with E-state index >= 15 is 0 Å². The largest absolute Gasteiger partial charge is 0.455 e. The van der Waals surface area contributed by atoms with E-state index < -0.39 is 90.2 Å². The maximum absolute atomic E-state index is 9.56. The second-order valence-electron chi connectivity index (χ2n) is 12.5. The zero-order chi connectivity index (χ0) is 46.4. The molecule has 11 aromatic rings. The Morgan fingerprint density at radius 2 is 1.04 bits per heavy atom. The van der Waals surface area contributed by atoms with E-state index in [0.29, 0.717) is 44.2 Å². The van der Waals surface area contributed by atoms with Crippen molar-refractivity contribution >= 4 is 65.2 Å². The summed E-state index contributed by atoms with van der Waals surface area (Å²) >= 11 is 0. The molecule has 2 heterocycles. The minimum absolute atomic E-state index is 0.00928. The molecular weight excluding hydrogens is 633 g/mol. The summed E-state index contributed by atoms with van der Waals surface area (Å²) in [7, 11) is 0. The Kier molecular flexibility index (Phi) is 4.00. The first-order chi connectivity index (χ1) is 31.6. The van der Waals surface area contributed by atoms with Gasteiger partial charge in [-0.15, -0.1) is 0 Å². The Morgan fingerprint density at radius 3 is 1.77 bits per heavy atom. The predicted molar refractivity (Wildman–Crippen MR) is 218 cm³/mol. The summed E-state index contributed by atoms with van der Waals surface area (Å²) in [5.41, 5.74) is 3.28. The molecule has 0 saturated carbocycles. The predicted octanol–water partition coefficient (Wildman–Crippen LogP) is 14.5. The fraction of sp³-hybridized carbons (Fsp3) is 0. The fourth-order valence-electron chi connectivity index (χ4n) is 7.45. The van der Waals surface area contributed by atoms with Gasteiger partial charge in [-0.25, -0.2) is 0 Å². The van der Waals surface area contributed by atoms with Gasteiger partial charge in [0.25, 0.3) is 0 Å². The summed E-state index contributed by atoms with van der Waals surface area (Å²) in [6, 6.07) is 20.7. The topological polar surface area (TPSA) is 26.3 Å². The molecule has 0 spiro atoms. The monoisotopic (exact) mass is 676 g/mol. The van der Waals surface area contributed by atoms with Crippen LogP contribution in [0, 0.1) is 0 Å². The van der Waals surface area contributed by atoms with Crippen LogP contribution in [-0.2, 0) is 0 Å². The average molecular weight is 677 g/mol. The molecule has 2 nitrogen and oxygen atoms in total. The van der Waals surface area contributed by atoms with Crippen LogP contribution in [-0.4, -0.2) is 0 Å². The Morgan fingerprint density at radius 1 is 0.385 bits per heavy atom. The molecule has 0 fully saturated rings.